The van der Waals surface area contributed by atoms with Crippen LogP contribution in [-0.4, -0.2) is 68.5 Å². The zero-order valence-electron chi connectivity index (χ0n) is 17.1. The number of rotatable bonds is 5. The van der Waals surface area contributed by atoms with Gasteiger partial charge in [0.05, 0.1) is 25.0 Å². The average molecular weight is 476 g/mol. The maximum absolute atomic E-state index is 15.0. The molecule has 1 atom stereocenters. The van der Waals surface area contributed by atoms with Crippen molar-refractivity contribution in [2.75, 3.05) is 31.1 Å². The highest BCUT2D eigenvalue weighted by Gasteiger charge is 2.33. The summed E-state index contributed by atoms with van der Waals surface area (Å²) in [6, 6.07) is 4.86. The van der Waals surface area contributed by atoms with Gasteiger partial charge < -0.3 is 20.1 Å². The number of benzene rings is 1. The fourth-order valence-electron chi connectivity index (χ4n) is 4.02. The Labute approximate surface area is 195 Å². The first-order valence-corrected chi connectivity index (χ1v) is 11.0. The number of halogens is 1. The molecule has 32 heavy (non-hydrogen) atoms. The topological polar surface area (TPSA) is 90.8 Å². The zero-order chi connectivity index (χ0) is 22.7. The Kier molecular flexibility index (Phi) is 6.75. The maximum Gasteiger partial charge on any atom is 0.414 e. The molecule has 1 aromatic heterocycles. The van der Waals surface area contributed by atoms with E-state index >= 15 is 0 Å². The lowest BCUT2D eigenvalue weighted by Gasteiger charge is -2.33. The van der Waals surface area contributed by atoms with Crippen molar-refractivity contribution in [1.82, 2.24) is 20.2 Å². The van der Waals surface area contributed by atoms with Gasteiger partial charge in [-0.3, -0.25) is 14.9 Å². The van der Waals surface area contributed by atoms with E-state index in [1.54, 1.807) is 30.7 Å². The molecule has 0 saturated carbocycles. The van der Waals surface area contributed by atoms with Crippen molar-refractivity contribution in [3.8, 4) is 0 Å². The van der Waals surface area contributed by atoms with Crippen molar-refractivity contribution in [3.05, 3.63) is 53.9 Å². The van der Waals surface area contributed by atoms with Gasteiger partial charge >= 0.3 is 6.09 Å². The molecule has 4 rings (SSSR count). The van der Waals surface area contributed by atoms with Crippen LogP contribution in [-0.2, 0) is 4.74 Å². The van der Waals surface area contributed by atoms with Crippen LogP contribution >= 0.6 is 24.4 Å². The normalized spacial score (nSPS) is 19.0. The van der Waals surface area contributed by atoms with Crippen LogP contribution in [0.25, 0.3) is 0 Å². The van der Waals surface area contributed by atoms with Gasteiger partial charge in [-0.15, -0.1) is 0 Å². The quantitative estimate of drug-likeness (QED) is 0.634. The number of anilines is 1. The van der Waals surface area contributed by atoms with Gasteiger partial charge in [0.1, 0.15) is 22.6 Å². The molecule has 2 fully saturated rings. The Morgan fingerprint density at radius 3 is 2.72 bits per heavy atom. The predicted molar refractivity (Wildman–Crippen MR) is 125 cm³/mol. The van der Waals surface area contributed by atoms with Crippen LogP contribution in [0.5, 0.6) is 0 Å². The molecule has 0 unspecified atom stereocenters. The molecule has 0 bridgehead atoms. The molecular weight excluding hydrogens is 453 g/mol. The van der Waals surface area contributed by atoms with E-state index in [0.717, 1.165) is 12.8 Å². The predicted octanol–water partition coefficient (Wildman–Crippen LogP) is 2.93. The number of hydrogen-bond donors (Lipinski definition) is 2. The monoisotopic (exact) mass is 475 g/mol. The number of piperidine rings is 1. The molecule has 11 heteroatoms. The number of aromatic nitrogens is 2. The number of ether oxygens (including phenoxy) is 1. The fraction of sp³-hybridized carbons (Fsp3) is 0.381. The van der Waals surface area contributed by atoms with Crippen molar-refractivity contribution in [2.45, 2.75) is 24.9 Å². The molecule has 0 spiro atoms. The van der Waals surface area contributed by atoms with Gasteiger partial charge in [0, 0.05) is 25.5 Å². The summed E-state index contributed by atoms with van der Waals surface area (Å²) in [6.45, 7) is 1.85. The van der Waals surface area contributed by atoms with Crippen LogP contribution in [0.15, 0.2) is 36.8 Å². The van der Waals surface area contributed by atoms with Gasteiger partial charge in [0.2, 0.25) is 0 Å². The van der Waals surface area contributed by atoms with Gasteiger partial charge in [0.15, 0.2) is 0 Å². The van der Waals surface area contributed by atoms with E-state index in [0.29, 0.717) is 35.0 Å². The van der Waals surface area contributed by atoms with Crippen LogP contribution in [0.1, 0.15) is 30.0 Å². The second-order valence-corrected chi connectivity index (χ2v) is 8.44. The molecule has 2 aliphatic heterocycles. The Bertz CT molecular complexity index is 1020. The van der Waals surface area contributed by atoms with E-state index in [4.69, 9.17) is 22.1 Å². The Morgan fingerprint density at radius 2 is 2.06 bits per heavy atom. The molecule has 1 aromatic carbocycles. The van der Waals surface area contributed by atoms with E-state index < -0.39 is 12.2 Å². The van der Waals surface area contributed by atoms with Gasteiger partial charge in [-0.2, -0.15) is 0 Å². The number of aliphatic hydroxyl groups is 1. The first-order valence-electron chi connectivity index (χ1n) is 10.2. The van der Waals surface area contributed by atoms with Crippen molar-refractivity contribution in [2.24, 2.45) is 0 Å². The number of carbonyl (C=O) groups is 1. The number of amides is 1. The number of nitrogens with one attached hydrogen (secondary N) is 1. The number of likely N-dealkylation sites (tertiary alicyclic amines) is 1. The van der Waals surface area contributed by atoms with Crippen LogP contribution in [0.2, 0.25) is 0 Å². The van der Waals surface area contributed by atoms with Gasteiger partial charge in [-0.25, -0.2) is 9.18 Å². The van der Waals surface area contributed by atoms with E-state index in [9.17, 15) is 9.18 Å². The summed E-state index contributed by atoms with van der Waals surface area (Å²) in [5.74, 6) is -0.277. The highest BCUT2D eigenvalue weighted by atomic mass is 32.1. The minimum atomic E-state index is -0.557. The number of thiocarbonyl (C=S) groups is 2. The third-order valence-electron chi connectivity index (χ3n) is 5.66. The number of hydrogen-bond acceptors (Lipinski definition) is 6. The minimum absolute atomic E-state index is 0.0676. The minimum Gasteiger partial charge on any atom is -0.487 e. The Hall–Kier alpha value is -2.92. The molecule has 168 valence electrons. The van der Waals surface area contributed by atoms with Crippen molar-refractivity contribution in [3.63, 3.8) is 0 Å². The summed E-state index contributed by atoms with van der Waals surface area (Å²) in [6.07, 6.45) is 5.34. The SMILES string of the molecule is O=C1O[C@@H](CNC(O)=S)CN1c1ccc(C2CCN(C(=S)c3cnccn3)CC2)c(F)c1. The van der Waals surface area contributed by atoms with Gasteiger partial charge in [-0.05, 0) is 48.7 Å². The lowest BCUT2D eigenvalue weighted by molar-refractivity contribution is 0.142. The molecule has 2 aliphatic rings. The molecule has 3 heterocycles. The first-order chi connectivity index (χ1) is 15.4. The van der Waals surface area contributed by atoms with E-state index in [1.807, 2.05) is 0 Å². The Morgan fingerprint density at radius 1 is 1.28 bits per heavy atom. The van der Waals surface area contributed by atoms with Crippen molar-refractivity contribution >= 4 is 46.4 Å². The molecule has 0 aliphatic carbocycles. The largest absolute Gasteiger partial charge is 0.487 e. The molecule has 1 amide bonds. The third-order valence-corrected chi connectivity index (χ3v) is 6.27. The molecule has 2 N–H and O–H groups in total. The van der Waals surface area contributed by atoms with Gasteiger partial charge in [-0.1, -0.05) is 18.3 Å². The second-order valence-electron chi connectivity index (χ2n) is 7.67. The van der Waals surface area contributed by atoms with E-state index in [1.165, 1.54) is 11.0 Å². The first kappa shape index (κ1) is 22.3. The average Bonchev–Trinajstić information content (AvgIpc) is 3.18. The molecule has 2 saturated heterocycles. The number of nitrogens with zero attached hydrogens (tertiary/aromatic N) is 4. The summed E-state index contributed by atoms with van der Waals surface area (Å²) < 4.78 is 20.2. The van der Waals surface area contributed by atoms with Crippen LogP contribution in [0, 0.1) is 5.82 Å². The third kappa shape index (κ3) is 4.94. The van der Waals surface area contributed by atoms with Crippen LogP contribution in [0.3, 0.4) is 0 Å². The highest BCUT2D eigenvalue weighted by Crippen LogP contribution is 2.33. The zero-order valence-corrected chi connectivity index (χ0v) is 18.7. The molecule has 8 nitrogen and oxygen atoms in total. The number of cyclic esters (lactones) is 1. The smallest absolute Gasteiger partial charge is 0.414 e. The summed E-state index contributed by atoms with van der Waals surface area (Å²) in [5.41, 5.74) is 1.74. The summed E-state index contributed by atoms with van der Waals surface area (Å²) in [4.78, 5) is 24.6. The van der Waals surface area contributed by atoms with Gasteiger partial charge in [0.25, 0.3) is 5.17 Å². The molecule has 0 radical (unpaired) electrons. The lowest BCUT2D eigenvalue weighted by atomic mass is 9.89. The summed E-state index contributed by atoms with van der Waals surface area (Å²) >= 11 is 10.1. The van der Waals surface area contributed by atoms with E-state index in [-0.39, 0.29) is 30.0 Å². The van der Waals surface area contributed by atoms with Crippen molar-refractivity contribution < 1.29 is 19.0 Å². The standard InChI is InChI=1S/C21H22FN5O3S2/c22-17-9-14(27-12-15(30-21(27)29)10-25-20(28)32)1-2-16(17)13-3-7-26(8-4-13)19(31)18-11-23-5-6-24-18/h1-2,5-6,9,11,13,15H,3-4,7-8,10,12H2,(H2,25,28,32)/t15-/m0/s1. The van der Waals surface area contributed by atoms with Crippen LogP contribution < -0.4 is 10.2 Å². The highest BCUT2D eigenvalue weighted by molar-refractivity contribution is 7.80. The van der Waals surface area contributed by atoms with Crippen LogP contribution in [0.4, 0.5) is 14.9 Å². The fourth-order valence-corrected chi connectivity index (χ4v) is 4.39. The molecular formula is C21H22FN5O3S2. The lowest BCUT2D eigenvalue weighted by Crippen LogP contribution is -2.38. The summed E-state index contributed by atoms with van der Waals surface area (Å²) in [5, 5.41) is 11.2. The number of carbonyl (C=O) groups excluding carboxylic acids is 1. The Balaban J connectivity index is 1.37. The summed E-state index contributed by atoms with van der Waals surface area (Å²) in [7, 11) is 0. The molecule has 2 aromatic rings. The second kappa shape index (κ2) is 9.70. The van der Waals surface area contributed by atoms with Crippen molar-refractivity contribution in [1.29, 1.82) is 0 Å². The van der Waals surface area contributed by atoms with E-state index in [2.05, 4.69) is 32.4 Å². The number of aliphatic hydroxyl groups excluding tert-OH is 1. The maximum atomic E-state index is 15.0.